The number of amidine groups is 1. The van der Waals surface area contributed by atoms with Crippen LogP contribution in [0.25, 0.3) is 0 Å². The first-order valence-electron chi connectivity index (χ1n) is 6.22. The van der Waals surface area contributed by atoms with Crippen molar-refractivity contribution in [1.29, 1.82) is 0 Å². The van der Waals surface area contributed by atoms with E-state index in [0.29, 0.717) is 0 Å². The Balaban J connectivity index is 2.27. The number of anilines is 1. The molecule has 0 unspecified atom stereocenters. The van der Waals surface area contributed by atoms with Crippen LogP contribution in [-0.2, 0) is 0 Å². The van der Waals surface area contributed by atoms with E-state index < -0.39 is 0 Å². The predicted octanol–water partition coefficient (Wildman–Crippen LogP) is 3.42. The van der Waals surface area contributed by atoms with Crippen LogP contribution in [0.5, 0.6) is 0 Å². The third-order valence-corrected chi connectivity index (χ3v) is 2.73. The molecule has 19 heavy (non-hydrogen) atoms. The van der Waals surface area contributed by atoms with Crippen LogP contribution in [0, 0.1) is 0 Å². The van der Waals surface area contributed by atoms with Crippen molar-refractivity contribution in [3.63, 3.8) is 0 Å². The first-order chi connectivity index (χ1) is 9.15. The first kappa shape index (κ1) is 13.6. The molecule has 0 amide bonds. The van der Waals surface area contributed by atoms with Crippen LogP contribution in [0.2, 0.25) is 5.02 Å². The molecule has 0 bridgehead atoms. The molecule has 0 spiro atoms. The summed E-state index contributed by atoms with van der Waals surface area (Å²) in [6.45, 7) is 4.10. The van der Waals surface area contributed by atoms with Crippen molar-refractivity contribution in [3.05, 3.63) is 59.4 Å². The summed E-state index contributed by atoms with van der Waals surface area (Å²) in [6, 6.07) is 11.8. The maximum atomic E-state index is 5.89. The van der Waals surface area contributed by atoms with Crippen LogP contribution in [-0.4, -0.2) is 11.9 Å². The summed E-state index contributed by atoms with van der Waals surface area (Å²) >= 11 is 5.89. The lowest BCUT2D eigenvalue weighted by Gasteiger charge is -2.10. The summed E-state index contributed by atoms with van der Waals surface area (Å²) in [5.41, 5.74) is 1.99. The Hall–Kier alpha value is -1.87. The Bertz CT molecular complexity index is 547. The number of aliphatic imine (C=N–C) groups is 1. The van der Waals surface area contributed by atoms with Crippen LogP contribution < -0.4 is 10.3 Å². The summed E-state index contributed by atoms with van der Waals surface area (Å²) in [4.78, 5) is 7.69. The molecule has 2 N–H and O–H groups in total. The average molecular weight is 275 g/mol. The minimum Gasteiger partial charge on any atom is -0.340 e. The molecule has 0 radical (unpaired) electrons. The topological polar surface area (TPSA) is 38.5 Å². The third-order valence-electron chi connectivity index (χ3n) is 2.47. The van der Waals surface area contributed by atoms with E-state index in [0.717, 1.165) is 22.1 Å². The molecular weight excluding hydrogens is 258 g/mol. The summed E-state index contributed by atoms with van der Waals surface area (Å²) in [6.07, 6.45) is 3.79. The molecule has 0 saturated carbocycles. The number of H-pyrrole nitrogens is 1. The maximum absolute atomic E-state index is 5.89. The zero-order chi connectivity index (χ0) is 13.7. The van der Waals surface area contributed by atoms with E-state index in [4.69, 9.17) is 11.6 Å². The molecule has 4 heteroatoms. The van der Waals surface area contributed by atoms with E-state index in [1.54, 1.807) is 0 Å². The number of nitrogens with one attached hydrogen (secondary N) is 2. The molecule has 2 aromatic rings. The number of halogens is 1. The van der Waals surface area contributed by atoms with Crippen molar-refractivity contribution in [1.82, 2.24) is 0 Å². The minimum atomic E-state index is 0.218. The molecule has 1 heterocycles. The van der Waals surface area contributed by atoms with Crippen molar-refractivity contribution in [2.24, 2.45) is 4.99 Å². The van der Waals surface area contributed by atoms with E-state index in [2.05, 4.69) is 29.1 Å². The third kappa shape index (κ3) is 4.07. The first-order valence-corrected chi connectivity index (χ1v) is 6.60. The fraction of sp³-hybridized carbons (Fsp3) is 0.200. The normalized spacial score (nSPS) is 11.7. The van der Waals surface area contributed by atoms with Crippen LogP contribution in [0.1, 0.15) is 19.4 Å². The Morgan fingerprint density at radius 2 is 1.95 bits per heavy atom. The zero-order valence-corrected chi connectivity index (χ0v) is 11.8. The van der Waals surface area contributed by atoms with Gasteiger partial charge in [0.1, 0.15) is 5.84 Å². The van der Waals surface area contributed by atoms with Gasteiger partial charge in [-0.3, -0.25) is 4.99 Å². The van der Waals surface area contributed by atoms with Crippen molar-refractivity contribution in [3.8, 4) is 0 Å². The fourth-order valence-electron chi connectivity index (χ4n) is 1.65. The molecule has 0 aliphatic heterocycles. The number of hydrogen-bond donors (Lipinski definition) is 1. The van der Waals surface area contributed by atoms with Crippen molar-refractivity contribution in [2.75, 3.05) is 5.32 Å². The summed E-state index contributed by atoms with van der Waals surface area (Å²) in [5.74, 6) is 0.842. The number of aromatic amines is 1. The number of pyridine rings is 1. The molecule has 98 valence electrons. The zero-order valence-electron chi connectivity index (χ0n) is 11.0. The molecule has 2 rings (SSSR count). The van der Waals surface area contributed by atoms with Crippen LogP contribution >= 0.6 is 11.6 Å². The van der Waals surface area contributed by atoms with Gasteiger partial charge in [-0.2, -0.15) is 0 Å². The summed E-state index contributed by atoms with van der Waals surface area (Å²) < 4.78 is 0. The number of benzene rings is 1. The molecule has 0 aliphatic carbocycles. The quantitative estimate of drug-likeness (QED) is 0.676. The Morgan fingerprint density at radius 3 is 2.53 bits per heavy atom. The minimum absolute atomic E-state index is 0.218. The molecule has 0 aliphatic rings. The van der Waals surface area contributed by atoms with Gasteiger partial charge in [-0.1, -0.05) is 11.6 Å². The largest absolute Gasteiger partial charge is 0.340 e. The molecule has 1 aromatic heterocycles. The second kappa shape index (κ2) is 6.34. The summed E-state index contributed by atoms with van der Waals surface area (Å²) in [7, 11) is 0. The predicted molar refractivity (Wildman–Crippen MR) is 79.7 cm³/mol. The van der Waals surface area contributed by atoms with Gasteiger partial charge in [0, 0.05) is 22.8 Å². The van der Waals surface area contributed by atoms with Gasteiger partial charge >= 0.3 is 0 Å². The van der Waals surface area contributed by atoms with Gasteiger partial charge < -0.3 is 5.32 Å². The molecule has 1 aromatic carbocycles. The monoisotopic (exact) mass is 274 g/mol. The molecule has 3 nitrogen and oxygen atoms in total. The second-order valence-corrected chi connectivity index (χ2v) is 4.93. The van der Waals surface area contributed by atoms with E-state index in [9.17, 15) is 0 Å². The van der Waals surface area contributed by atoms with Gasteiger partial charge in [0.2, 0.25) is 0 Å². The van der Waals surface area contributed by atoms with Crippen LogP contribution in [0.3, 0.4) is 0 Å². The highest BCUT2D eigenvalue weighted by atomic mass is 35.5. The van der Waals surface area contributed by atoms with Crippen molar-refractivity contribution < 1.29 is 4.98 Å². The second-order valence-electron chi connectivity index (χ2n) is 4.50. The summed E-state index contributed by atoms with van der Waals surface area (Å²) in [5, 5.41) is 4.05. The van der Waals surface area contributed by atoms with Gasteiger partial charge in [0.15, 0.2) is 12.4 Å². The van der Waals surface area contributed by atoms with Crippen molar-refractivity contribution in [2.45, 2.75) is 19.9 Å². The van der Waals surface area contributed by atoms with Gasteiger partial charge in [-0.25, -0.2) is 4.98 Å². The van der Waals surface area contributed by atoms with E-state index in [1.807, 2.05) is 48.8 Å². The molecule has 0 saturated heterocycles. The van der Waals surface area contributed by atoms with E-state index in [-0.39, 0.29) is 6.04 Å². The standard InChI is InChI=1S/C15H16ClN3/c1-11(2)18-15(12-4-3-9-17-10-12)19-14-7-5-13(16)6-8-14/h3-11H,1-2H3,(H,18,19)/p+1. The van der Waals surface area contributed by atoms with Gasteiger partial charge in [0.25, 0.3) is 0 Å². The Morgan fingerprint density at radius 1 is 1.21 bits per heavy atom. The fourth-order valence-corrected chi connectivity index (χ4v) is 1.77. The van der Waals surface area contributed by atoms with Gasteiger partial charge in [-0.05, 0) is 44.2 Å². The number of nitrogens with zero attached hydrogens (tertiary/aromatic N) is 1. The van der Waals surface area contributed by atoms with Crippen LogP contribution in [0.4, 0.5) is 5.69 Å². The lowest BCUT2D eigenvalue weighted by atomic mass is 10.2. The Kier molecular flexibility index (Phi) is 4.53. The molecule has 0 atom stereocenters. The molecule has 0 fully saturated rings. The number of hydrogen-bond acceptors (Lipinski definition) is 1. The number of rotatable bonds is 3. The highest BCUT2D eigenvalue weighted by Gasteiger charge is 2.07. The highest BCUT2D eigenvalue weighted by molar-refractivity contribution is 6.30. The average Bonchev–Trinajstić information content (AvgIpc) is 2.41. The van der Waals surface area contributed by atoms with Crippen LogP contribution in [0.15, 0.2) is 53.8 Å². The van der Waals surface area contributed by atoms with E-state index >= 15 is 0 Å². The Labute approximate surface area is 118 Å². The van der Waals surface area contributed by atoms with Gasteiger partial charge in [-0.15, -0.1) is 0 Å². The number of aromatic nitrogens is 1. The maximum Gasteiger partial charge on any atom is 0.178 e. The van der Waals surface area contributed by atoms with Crippen molar-refractivity contribution >= 4 is 23.1 Å². The lowest BCUT2D eigenvalue weighted by molar-refractivity contribution is -0.378. The van der Waals surface area contributed by atoms with Gasteiger partial charge in [0.05, 0.1) is 5.56 Å². The lowest BCUT2D eigenvalue weighted by Crippen LogP contribution is -2.18. The SMILES string of the molecule is CC(C)N=C(Nc1ccc(Cl)cc1)c1ccc[nH+]c1. The smallest absolute Gasteiger partial charge is 0.178 e. The molecular formula is C15H17ClN3+. The highest BCUT2D eigenvalue weighted by Crippen LogP contribution is 2.14. The van der Waals surface area contributed by atoms with E-state index in [1.165, 1.54) is 0 Å².